The molecule has 0 amide bonds. The van der Waals surface area contributed by atoms with E-state index in [1.54, 1.807) is 11.3 Å². The van der Waals surface area contributed by atoms with Crippen LogP contribution in [0.3, 0.4) is 0 Å². The van der Waals surface area contributed by atoms with Crippen molar-refractivity contribution in [3.63, 3.8) is 0 Å². The molecular formula is C11H9NOS. The van der Waals surface area contributed by atoms with E-state index < -0.39 is 0 Å². The van der Waals surface area contributed by atoms with Gasteiger partial charge >= 0.3 is 0 Å². The van der Waals surface area contributed by atoms with Gasteiger partial charge in [-0.15, -0.1) is 16.2 Å². The Morgan fingerprint density at radius 1 is 1.07 bits per heavy atom. The number of nitroso groups, excluding NO2 is 1. The molecule has 1 aromatic heterocycles. The van der Waals surface area contributed by atoms with Gasteiger partial charge in [0.25, 0.3) is 0 Å². The summed E-state index contributed by atoms with van der Waals surface area (Å²) >= 11 is 1.56. The normalized spacial score (nSPS) is 12.3. The molecule has 1 atom stereocenters. The number of hydrogen-bond acceptors (Lipinski definition) is 3. The molecule has 0 aliphatic heterocycles. The highest BCUT2D eigenvalue weighted by molar-refractivity contribution is 7.10. The van der Waals surface area contributed by atoms with Crippen molar-refractivity contribution in [1.29, 1.82) is 0 Å². The fourth-order valence-electron chi connectivity index (χ4n) is 1.36. The summed E-state index contributed by atoms with van der Waals surface area (Å²) in [4.78, 5) is 11.8. The summed E-state index contributed by atoms with van der Waals surface area (Å²) in [5, 5.41) is 5.12. The molecule has 70 valence electrons. The van der Waals surface area contributed by atoms with Crippen LogP contribution in [0.4, 0.5) is 0 Å². The smallest absolute Gasteiger partial charge is 0.150 e. The molecule has 2 rings (SSSR count). The van der Waals surface area contributed by atoms with Crippen molar-refractivity contribution in [2.45, 2.75) is 6.04 Å². The standard InChI is InChI=1S/C11H9NOS/c13-12-11(10-7-4-8-14-10)9-5-2-1-3-6-9/h1-8,11H. The zero-order chi connectivity index (χ0) is 9.80. The van der Waals surface area contributed by atoms with Crippen LogP contribution in [0.2, 0.25) is 0 Å². The molecule has 3 heteroatoms. The molecule has 0 bridgehead atoms. The van der Waals surface area contributed by atoms with E-state index in [4.69, 9.17) is 0 Å². The zero-order valence-electron chi connectivity index (χ0n) is 7.46. The molecule has 0 N–H and O–H groups in total. The largest absolute Gasteiger partial charge is 0.151 e. The van der Waals surface area contributed by atoms with Crippen molar-refractivity contribution in [1.82, 2.24) is 0 Å². The molecular weight excluding hydrogens is 194 g/mol. The van der Waals surface area contributed by atoms with Gasteiger partial charge in [0.05, 0.1) is 0 Å². The van der Waals surface area contributed by atoms with E-state index in [0.29, 0.717) is 0 Å². The van der Waals surface area contributed by atoms with Crippen molar-refractivity contribution in [2.24, 2.45) is 5.18 Å². The minimum absolute atomic E-state index is 0.351. The fraction of sp³-hybridized carbons (Fsp3) is 0.0909. The molecule has 1 heterocycles. The summed E-state index contributed by atoms with van der Waals surface area (Å²) in [5.74, 6) is 0. The number of thiophene rings is 1. The first-order chi connectivity index (χ1) is 6.92. The van der Waals surface area contributed by atoms with E-state index >= 15 is 0 Å². The zero-order valence-corrected chi connectivity index (χ0v) is 8.28. The third kappa shape index (κ3) is 1.72. The van der Waals surface area contributed by atoms with E-state index in [1.165, 1.54) is 0 Å². The maximum absolute atomic E-state index is 10.8. The average Bonchev–Trinajstić information content (AvgIpc) is 2.74. The second kappa shape index (κ2) is 4.15. The van der Waals surface area contributed by atoms with Crippen LogP contribution >= 0.6 is 11.3 Å². The van der Waals surface area contributed by atoms with Crippen LogP contribution in [-0.4, -0.2) is 0 Å². The minimum Gasteiger partial charge on any atom is -0.150 e. The topological polar surface area (TPSA) is 29.4 Å². The van der Waals surface area contributed by atoms with E-state index in [2.05, 4.69) is 5.18 Å². The monoisotopic (exact) mass is 203 g/mol. The van der Waals surface area contributed by atoms with Crippen molar-refractivity contribution >= 4 is 11.3 Å². The van der Waals surface area contributed by atoms with Crippen LogP contribution in [0.1, 0.15) is 16.5 Å². The van der Waals surface area contributed by atoms with Gasteiger partial charge in [-0.2, -0.15) is 0 Å². The summed E-state index contributed by atoms with van der Waals surface area (Å²) < 4.78 is 0. The Labute approximate surface area is 86.2 Å². The summed E-state index contributed by atoms with van der Waals surface area (Å²) in [6.45, 7) is 0. The lowest BCUT2D eigenvalue weighted by atomic mass is 10.1. The highest BCUT2D eigenvalue weighted by Crippen LogP contribution is 2.28. The van der Waals surface area contributed by atoms with Crippen LogP contribution in [0, 0.1) is 4.91 Å². The van der Waals surface area contributed by atoms with Gasteiger partial charge in [0.2, 0.25) is 0 Å². The molecule has 0 saturated heterocycles. The van der Waals surface area contributed by atoms with Gasteiger partial charge in [-0.05, 0) is 17.0 Å². The van der Waals surface area contributed by atoms with Crippen molar-refractivity contribution in [3.8, 4) is 0 Å². The van der Waals surface area contributed by atoms with Crippen LogP contribution < -0.4 is 0 Å². The van der Waals surface area contributed by atoms with Crippen LogP contribution in [0.15, 0.2) is 53.0 Å². The molecule has 14 heavy (non-hydrogen) atoms. The number of hydrogen-bond donors (Lipinski definition) is 0. The quantitative estimate of drug-likeness (QED) is 0.701. The molecule has 0 fully saturated rings. The highest BCUT2D eigenvalue weighted by Gasteiger charge is 2.14. The Morgan fingerprint density at radius 2 is 1.86 bits per heavy atom. The maximum atomic E-state index is 10.8. The van der Waals surface area contributed by atoms with Crippen molar-refractivity contribution < 1.29 is 0 Å². The molecule has 2 aromatic rings. The minimum atomic E-state index is -0.351. The Bertz CT molecular complexity index is 396. The van der Waals surface area contributed by atoms with E-state index in [1.807, 2.05) is 47.8 Å². The predicted octanol–water partition coefficient (Wildman–Crippen LogP) is 3.60. The number of rotatable bonds is 3. The predicted molar refractivity (Wildman–Crippen MR) is 58.4 cm³/mol. The van der Waals surface area contributed by atoms with Gasteiger partial charge < -0.3 is 0 Å². The van der Waals surface area contributed by atoms with Gasteiger partial charge in [-0.3, -0.25) is 0 Å². The first-order valence-electron chi connectivity index (χ1n) is 4.32. The fourth-order valence-corrected chi connectivity index (χ4v) is 2.14. The highest BCUT2D eigenvalue weighted by atomic mass is 32.1. The lowest BCUT2D eigenvalue weighted by Gasteiger charge is -2.05. The molecule has 0 aliphatic carbocycles. The molecule has 0 spiro atoms. The van der Waals surface area contributed by atoms with E-state index in [9.17, 15) is 4.91 Å². The van der Waals surface area contributed by atoms with Gasteiger partial charge in [0.15, 0.2) is 6.04 Å². The first kappa shape index (κ1) is 9.09. The Hall–Kier alpha value is -1.48. The second-order valence-electron chi connectivity index (χ2n) is 2.93. The molecule has 2 nitrogen and oxygen atoms in total. The van der Waals surface area contributed by atoms with Crippen molar-refractivity contribution in [2.75, 3.05) is 0 Å². The Balaban J connectivity index is 2.36. The van der Waals surface area contributed by atoms with Gasteiger partial charge in [0.1, 0.15) is 0 Å². The summed E-state index contributed by atoms with van der Waals surface area (Å²) in [6, 6.07) is 13.1. The molecule has 1 unspecified atom stereocenters. The molecule has 0 radical (unpaired) electrons. The lowest BCUT2D eigenvalue weighted by molar-refractivity contribution is 0.885. The van der Waals surface area contributed by atoms with Crippen molar-refractivity contribution in [3.05, 3.63) is 63.2 Å². The van der Waals surface area contributed by atoms with Crippen LogP contribution in [0.25, 0.3) is 0 Å². The molecule has 0 aliphatic rings. The molecule has 1 aromatic carbocycles. The SMILES string of the molecule is O=NC(c1ccccc1)c1cccs1. The van der Waals surface area contributed by atoms with Gasteiger partial charge in [-0.1, -0.05) is 41.6 Å². The van der Waals surface area contributed by atoms with Gasteiger partial charge in [-0.25, -0.2) is 0 Å². The lowest BCUT2D eigenvalue weighted by Crippen LogP contribution is -1.93. The number of benzene rings is 1. The summed E-state index contributed by atoms with van der Waals surface area (Å²) in [6.07, 6.45) is 0. The van der Waals surface area contributed by atoms with Crippen LogP contribution in [0.5, 0.6) is 0 Å². The van der Waals surface area contributed by atoms with Crippen LogP contribution in [-0.2, 0) is 0 Å². The maximum Gasteiger partial charge on any atom is 0.151 e. The van der Waals surface area contributed by atoms with E-state index in [-0.39, 0.29) is 6.04 Å². The Kier molecular flexibility index (Phi) is 2.70. The third-order valence-electron chi connectivity index (χ3n) is 2.03. The first-order valence-corrected chi connectivity index (χ1v) is 5.20. The third-order valence-corrected chi connectivity index (χ3v) is 2.96. The molecule has 0 saturated carbocycles. The Morgan fingerprint density at radius 3 is 2.43 bits per heavy atom. The number of nitrogens with zero attached hydrogens (tertiary/aromatic N) is 1. The van der Waals surface area contributed by atoms with Gasteiger partial charge in [0, 0.05) is 4.88 Å². The second-order valence-corrected chi connectivity index (χ2v) is 3.91. The summed E-state index contributed by atoms with van der Waals surface area (Å²) in [7, 11) is 0. The average molecular weight is 203 g/mol. The summed E-state index contributed by atoms with van der Waals surface area (Å²) in [5.41, 5.74) is 0.949. The van der Waals surface area contributed by atoms with E-state index in [0.717, 1.165) is 10.4 Å².